The van der Waals surface area contributed by atoms with Gasteiger partial charge in [0.1, 0.15) is 0 Å². The first kappa shape index (κ1) is 24.3. The Balaban J connectivity index is 1.50. The molecule has 0 saturated carbocycles. The van der Waals surface area contributed by atoms with Crippen molar-refractivity contribution in [2.24, 2.45) is 5.10 Å². The van der Waals surface area contributed by atoms with Crippen LogP contribution >= 0.6 is 0 Å². The third kappa shape index (κ3) is 5.47. The first-order valence-corrected chi connectivity index (χ1v) is 11.3. The maximum atomic E-state index is 12.6. The number of methoxy groups -OCH3 is 3. The topological polar surface area (TPSA) is 72.4 Å². The summed E-state index contributed by atoms with van der Waals surface area (Å²) >= 11 is 0. The number of ether oxygens (including phenoxy) is 3. The summed E-state index contributed by atoms with van der Waals surface area (Å²) in [4.78, 5) is 14.8. The fraction of sp³-hybridized carbons (Fsp3) is 0.103. The van der Waals surface area contributed by atoms with Crippen LogP contribution in [-0.4, -0.2) is 33.5 Å². The van der Waals surface area contributed by atoms with E-state index in [4.69, 9.17) is 14.2 Å². The van der Waals surface area contributed by atoms with Gasteiger partial charge in [-0.2, -0.15) is 5.10 Å². The number of para-hydroxylation sites is 2. The predicted molar refractivity (Wildman–Crippen MR) is 142 cm³/mol. The number of carbonyl (C=O) groups excluding carboxylic acids is 1. The van der Waals surface area contributed by atoms with Gasteiger partial charge in [0, 0.05) is 22.6 Å². The molecule has 0 saturated heterocycles. The molecule has 0 unspecified atom stereocenters. The van der Waals surface area contributed by atoms with Crippen molar-refractivity contribution in [2.45, 2.75) is 0 Å². The molecule has 1 N–H and O–H groups in total. The second-order valence-electron chi connectivity index (χ2n) is 7.71. The highest BCUT2D eigenvalue weighted by Gasteiger charge is 2.17. The molecule has 0 aromatic heterocycles. The Labute approximate surface area is 210 Å². The lowest BCUT2D eigenvalue weighted by atomic mass is 10.1. The normalized spacial score (nSPS) is 10.6. The zero-order valence-electron chi connectivity index (χ0n) is 20.3. The molecule has 0 aliphatic carbocycles. The van der Waals surface area contributed by atoms with Gasteiger partial charge in [-0.15, -0.1) is 0 Å². The van der Waals surface area contributed by atoms with Crippen LogP contribution in [0.5, 0.6) is 17.2 Å². The molecule has 4 aromatic rings. The zero-order valence-corrected chi connectivity index (χ0v) is 20.3. The van der Waals surface area contributed by atoms with Crippen LogP contribution in [0.3, 0.4) is 0 Å². The smallest absolute Gasteiger partial charge is 0.271 e. The molecule has 0 atom stereocenters. The number of hydrazone groups is 1. The van der Waals surface area contributed by atoms with Gasteiger partial charge in [-0.05, 0) is 54.1 Å². The molecular formula is C29H27N3O4. The molecule has 7 heteroatoms. The highest BCUT2D eigenvalue weighted by atomic mass is 16.5. The lowest BCUT2D eigenvalue weighted by Gasteiger charge is -2.25. The number of nitrogens with zero attached hydrogens (tertiary/aromatic N) is 2. The van der Waals surface area contributed by atoms with Gasteiger partial charge >= 0.3 is 0 Å². The minimum atomic E-state index is -0.401. The number of rotatable bonds is 9. The lowest BCUT2D eigenvalue weighted by molar-refractivity contribution is 0.0954. The molecule has 4 aromatic carbocycles. The van der Waals surface area contributed by atoms with Gasteiger partial charge in [0.25, 0.3) is 5.91 Å². The van der Waals surface area contributed by atoms with E-state index in [9.17, 15) is 4.79 Å². The van der Waals surface area contributed by atoms with Crippen molar-refractivity contribution >= 4 is 29.2 Å². The van der Waals surface area contributed by atoms with Gasteiger partial charge in [-0.3, -0.25) is 4.79 Å². The van der Waals surface area contributed by atoms with Crippen molar-refractivity contribution in [3.05, 3.63) is 108 Å². The Bertz CT molecular complexity index is 1260. The van der Waals surface area contributed by atoms with E-state index in [1.54, 1.807) is 18.3 Å². The standard InChI is InChI=1S/C29H27N3O4/c1-34-26-18-22(19-27(35-2)28(26)36-3)29(33)31-30-20-21-14-16-25(17-15-21)32(23-10-6-4-7-11-23)24-12-8-5-9-13-24/h4-20H,1-3H3,(H,31,33)/b30-20-. The second kappa shape index (κ2) is 11.6. The highest BCUT2D eigenvalue weighted by Crippen LogP contribution is 2.38. The van der Waals surface area contributed by atoms with Gasteiger partial charge < -0.3 is 19.1 Å². The second-order valence-corrected chi connectivity index (χ2v) is 7.71. The lowest BCUT2D eigenvalue weighted by Crippen LogP contribution is -2.18. The Morgan fingerprint density at radius 1 is 0.722 bits per heavy atom. The highest BCUT2D eigenvalue weighted by molar-refractivity contribution is 5.96. The molecule has 36 heavy (non-hydrogen) atoms. The molecule has 7 nitrogen and oxygen atoms in total. The summed E-state index contributed by atoms with van der Waals surface area (Å²) in [6.45, 7) is 0. The van der Waals surface area contributed by atoms with Crippen molar-refractivity contribution in [3.8, 4) is 17.2 Å². The predicted octanol–water partition coefficient (Wildman–Crippen LogP) is 5.95. The van der Waals surface area contributed by atoms with E-state index in [1.807, 2.05) is 60.7 Å². The van der Waals surface area contributed by atoms with Crippen LogP contribution < -0.4 is 24.5 Å². The largest absolute Gasteiger partial charge is 0.493 e. The van der Waals surface area contributed by atoms with Crippen LogP contribution in [0, 0.1) is 0 Å². The van der Waals surface area contributed by atoms with Crippen LogP contribution in [0.15, 0.2) is 102 Å². The van der Waals surface area contributed by atoms with Gasteiger partial charge in [-0.25, -0.2) is 5.43 Å². The summed E-state index contributed by atoms with van der Waals surface area (Å²) in [6, 6.07) is 31.4. The molecule has 0 bridgehead atoms. The van der Waals surface area contributed by atoms with Gasteiger partial charge in [0.15, 0.2) is 11.5 Å². The third-order valence-electron chi connectivity index (χ3n) is 5.49. The Kier molecular flexibility index (Phi) is 7.83. The number of amides is 1. The summed E-state index contributed by atoms with van der Waals surface area (Å²) in [6.07, 6.45) is 1.59. The minimum Gasteiger partial charge on any atom is -0.493 e. The average molecular weight is 482 g/mol. The first-order valence-electron chi connectivity index (χ1n) is 11.3. The van der Waals surface area contributed by atoms with E-state index in [0.717, 1.165) is 22.6 Å². The van der Waals surface area contributed by atoms with Gasteiger partial charge in [-0.1, -0.05) is 48.5 Å². The fourth-order valence-corrected chi connectivity index (χ4v) is 3.75. The van der Waals surface area contributed by atoms with Crippen LogP contribution in [0.1, 0.15) is 15.9 Å². The van der Waals surface area contributed by atoms with E-state index in [0.29, 0.717) is 22.8 Å². The van der Waals surface area contributed by atoms with Crippen molar-refractivity contribution in [1.29, 1.82) is 0 Å². The van der Waals surface area contributed by atoms with E-state index < -0.39 is 5.91 Å². The average Bonchev–Trinajstić information content (AvgIpc) is 2.94. The molecule has 0 heterocycles. The minimum absolute atomic E-state index is 0.332. The zero-order chi connectivity index (χ0) is 25.3. The van der Waals surface area contributed by atoms with Crippen LogP contribution in [0.2, 0.25) is 0 Å². The van der Waals surface area contributed by atoms with E-state index in [1.165, 1.54) is 21.3 Å². The Hall–Kier alpha value is -4.78. The molecule has 0 aliphatic rings. The summed E-state index contributed by atoms with van der Waals surface area (Å²) in [5.41, 5.74) is 6.84. The Morgan fingerprint density at radius 3 is 1.69 bits per heavy atom. The SMILES string of the molecule is COc1cc(C(=O)N/N=C\c2ccc(N(c3ccccc3)c3ccccc3)cc2)cc(OC)c1OC. The maximum absolute atomic E-state index is 12.6. The van der Waals surface area contributed by atoms with Crippen LogP contribution in [0.25, 0.3) is 0 Å². The summed E-state index contributed by atoms with van der Waals surface area (Å²) in [5.74, 6) is 0.799. The quantitative estimate of drug-likeness (QED) is 0.236. The van der Waals surface area contributed by atoms with E-state index in [-0.39, 0.29) is 0 Å². The monoisotopic (exact) mass is 481 g/mol. The van der Waals surface area contributed by atoms with E-state index in [2.05, 4.69) is 39.7 Å². The number of hydrogen-bond acceptors (Lipinski definition) is 6. The molecule has 4 rings (SSSR count). The van der Waals surface area contributed by atoms with Crippen molar-refractivity contribution in [3.63, 3.8) is 0 Å². The molecule has 0 fully saturated rings. The van der Waals surface area contributed by atoms with Crippen molar-refractivity contribution < 1.29 is 19.0 Å². The van der Waals surface area contributed by atoms with E-state index >= 15 is 0 Å². The summed E-state index contributed by atoms with van der Waals surface area (Å²) < 4.78 is 15.9. The molecule has 1 amide bonds. The van der Waals surface area contributed by atoms with Gasteiger partial charge in [0.2, 0.25) is 5.75 Å². The number of carbonyl (C=O) groups is 1. The Morgan fingerprint density at radius 2 is 1.22 bits per heavy atom. The third-order valence-corrected chi connectivity index (χ3v) is 5.49. The maximum Gasteiger partial charge on any atom is 0.271 e. The number of hydrogen-bond donors (Lipinski definition) is 1. The van der Waals surface area contributed by atoms with Crippen LogP contribution in [-0.2, 0) is 0 Å². The summed E-state index contributed by atoms with van der Waals surface area (Å²) in [7, 11) is 4.50. The number of nitrogens with one attached hydrogen (secondary N) is 1. The number of benzene rings is 4. The summed E-state index contributed by atoms with van der Waals surface area (Å²) in [5, 5.41) is 4.11. The molecule has 0 radical (unpaired) electrons. The molecule has 0 aliphatic heterocycles. The number of anilines is 3. The molecule has 182 valence electrons. The van der Waals surface area contributed by atoms with Crippen molar-refractivity contribution in [2.75, 3.05) is 26.2 Å². The molecular weight excluding hydrogens is 454 g/mol. The van der Waals surface area contributed by atoms with Crippen LogP contribution in [0.4, 0.5) is 17.1 Å². The van der Waals surface area contributed by atoms with Gasteiger partial charge in [0.05, 0.1) is 27.5 Å². The molecule has 0 spiro atoms. The van der Waals surface area contributed by atoms with Crippen molar-refractivity contribution in [1.82, 2.24) is 5.43 Å². The first-order chi connectivity index (χ1) is 17.6. The fourth-order valence-electron chi connectivity index (χ4n) is 3.75.